The molecule has 1 aromatic heterocycles. The van der Waals surface area contributed by atoms with Gasteiger partial charge >= 0.3 is 6.18 Å². The Bertz CT molecular complexity index is 443. The number of nitrogens with two attached hydrogens (primary N) is 1. The van der Waals surface area contributed by atoms with Crippen LogP contribution in [0.3, 0.4) is 0 Å². The predicted molar refractivity (Wildman–Crippen MR) is 69.9 cm³/mol. The number of hydrogen-bond donors (Lipinski definition) is 3. The molecular formula is C12H18F3N5. The quantitative estimate of drug-likeness (QED) is 0.587. The smallest absolute Gasteiger partial charge is 0.370 e. The van der Waals surface area contributed by atoms with Crippen molar-refractivity contribution in [2.75, 3.05) is 17.3 Å². The lowest BCUT2D eigenvalue weighted by molar-refractivity contribution is -0.141. The van der Waals surface area contributed by atoms with Crippen LogP contribution in [-0.2, 0) is 6.18 Å². The second-order valence-corrected chi connectivity index (χ2v) is 4.99. The molecule has 1 aliphatic carbocycles. The average Bonchev–Trinajstić information content (AvgIpc) is 2.45. The van der Waals surface area contributed by atoms with Crippen LogP contribution in [0.1, 0.15) is 37.8 Å². The second-order valence-electron chi connectivity index (χ2n) is 4.99. The van der Waals surface area contributed by atoms with Gasteiger partial charge in [-0.05, 0) is 18.8 Å². The monoisotopic (exact) mass is 289 g/mol. The van der Waals surface area contributed by atoms with E-state index in [1.807, 2.05) is 0 Å². The molecule has 0 radical (unpaired) electrons. The Morgan fingerprint density at radius 2 is 1.90 bits per heavy atom. The van der Waals surface area contributed by atoms with Gasteiger partial charge in [0.25, 0.3) is 0 Å². The van der Waals surface area contributed by atoms with Gasteiger partial charge in [-0.25, -0.2) is 10.8 Å². The highest BCUT2D eigenvalue weighted by Crippen LogP contribution is 2.30. The predicted octanol–water partition coefficient (Wildman–Crippen LogP) is 2.77. The van der Waals surface area contributed by atoms with Crippen LogP contribution < -0.4 is 16.6 Å². The summed E-state index contributed by atoms with van der Waals surface area (Å²) in [4.78, 5) is 7.20. The van der Waals surface area contributed by atoms with Crippen LogP contribution in [-0.4, -0.2) is 16.5 Å². The van der Waals surface area contributed by atoms with Gasteiger partial charge in [0, 0.05) is 12.6 Å². The lowest BCUT2D eigenvalue weighted by atomic mass is 9.89. The topological polar surface area (TPSA) is 75.9 Å². The maximum Gasteiger partial charge on any atom is 0.433 e. The number of nitrogen functional groups attached to an aromatic ring is 1. The molecule has 0 amide bonds. The van der Waals surface area contributed by atoms with Gasteiger partial charge in [0.05, 0.1) is 0 Å². The van der Waals surface area contributed by atoms with Crippen molar-refractivity contribution < 1.29 is 13.2 Å². The van der Waals surface area contributed by atoms with Gasteiger partial charge in [0.1, 0.15) is 5.82 Å². The molecule has 0 unspecified atom stereocenters. The maximum absolute atomic E-state index is 12.7. The standard InChI is InChI=1S/C12H18F3N5/c13-12(14,15)9-6-10(19-11(18-9)20-16)17-7-8-4-2-1-3-5-8/h6,8H,1-5,7,16H2,(H2,17,18,19,20). The molecule has 4 N–H and O–H groups in total. The van der Waals surface area contributed by atoms with E-state index in [0.717, 1.165) is 18.9 Å². The number of aromatic nitrogens is 2. The molecule has 1 aromatic rings. The summed E-state index contributed by atoms with van der Waals surface area (Å²) < 4.78 is 38.1. The molecule has 0 spiro atoms. The van der Waals surface area contributed by atoms with Crippen LogP contribution in [0.2, 0.25) is 0 Å². The Morgan fingerprint density at radius 3 is 2.50 bits per heavy atom. The molecule has 1 saturated carbocycles. The van der Waals surface area contributed by atoms with Gasteiger partial charge in [-0.1, -0.05) is 19.3 Å². The third kappa shape index (κ3) is 3.96. The fourth-order valence-corrected chi connectivity index (χ4v) is 2.39. The molecule has 0 aromatic carbocycles. The van der Waals surface area contributed by atoms with Crippen molar-refractivity contribution in [3.63, 3.8) is 0 Å². The molecular weight excluding hydrogens is 271 g/mol. The molecule has 0 atom stereocenters. The first-order chi connectivity index (χ1) is 9.49. The van der Waals surface area contributed by atoms with E-state index >= 15 is 0 Å². The zero-order valence-electron chi connectivity index (χ0n) is 11.0. The summed E-state index contributed by atoms with van der Waals surface area (Å²) in [5.74, 6) is 5.49. The summed E-state index contributed by atoms with van der Waals surface area (Å²) in [6, 6.07) is 0.906. The summed E-state index contributed by atoms with van der Waals surface area (Å²) in [7, 11) is 0. The van der Waals surface area contributed by atoms with Crippen LogP contribution in [0.4, 0.5) is 24.9 Å². The minimum atomic E-state index is -4.52. The number of hydrazine groups is 1. The number of halogens is 3. The van der Waals surface area contributed by atoms with Gasteiger partial charge in [-0.2, -0.15) is 18.2 Å². The minimum absolute atomic E-state index is 0.144. The normalized spacial score (nSPS) is 17.0. The molecule has 8 heteroatoms. The van der Waals surface area contributed by atoms with E-state index in [9.17, 15) is 13.2 Å². The fraction of sp³-hybridized carbons (Fsp3) is 0.667. The molecule has 112 valence electrons. The third-order valence-corrected chi connectivity index (χ3v) is 3.44. The number of alkyl halides is 3. The first-order valence-electron chi connectivity index (χ1n) is 6.66. The highest BCUT2D eigenvalue weighted by Gasteiger charge is 2.33. The number of anilines is 2. The highest BCUT2D eigenvalue weighted by molar-refractivity contribution is 5.42. The van der Waals surface area contributed by atoms with E-state index in [1.165, 1.54) is 19.3 Å². The van der Waals surface area contributed by atoms with Crippen molar-refractivity contribution in [1.82, 2.24) is 9.97 Å². The summed E-state index contributed by atoms with van der Waals surface area (Å²) >= 11 is 0. The van der Waals surface area contributed by atoms with Crippen molar-refractivity contribution in [2.24, 2.45) is 11.8 Å². The van der Waals surface area contributed by atoms with Crippen molar-refractivity contribution in [1.29, 1.82) is 0 Å². The largest absolute Gasteiger partial charge is 0.433 e. The van der Waals surface area contributed by atoms with Crippen LogP contribution in [0.5, 0.6) is 0 Å². The van der Waals surface area contributed by atoms with Crippen LogP contribution in [0, 0.1) is 5.92 Å². The highest BCUT2D eigenvalue weighted by atomic mass is 19.4. The van der Waals surface area contributed by atoms with Gasteiger partial charge < -0.3 is 5.32 Å². The molecule has 1 heterocycles. The summed E-state index contributed by atoms with van der Waals surface area (Å²) in [5, 5.41) is 2.95. The van der Waals surface area contributed by atoms with E-state index in [-0.39, 0.29) is 11.8 Å². The molecule has 0 aliphatic heterocycles. The Labute approximate surface area is 115 Å². The Hall–Kier alpha value is -1.57. The Kier molecular flexibility index (Phi) is 4.64. The summed E-state index contributed by atoms with van der Waals surface area (Å²) in [6.07, 6.45) is 1.29. The van der Waals surface area contributed by atoms with Crippen molar-refractivity contribution in [2.45, 2.75) is 38.3 Å². The average molecular weight is 289 g/mol. The minimum Gasteiger partial charge on any atom is -0.370 e. The SMILES string of the molecule is NNc1nc(NCC2CCCCC2)cc(C(F)(F)F)n1. The zero-order valence-corrected chi connectivity index (χ0v) is 11.0. The van der Waals surface area contributed by atoms with Crippen molar-refractivity contribution >= 4 is 11.8 Å². The van der Waals surface area contributed by atoms with E-state index in [4.69, 9.17) is 5.84 Å². The molecule has 20 heavy (non-hydrogen) atoms. The molecule has 0 saturated heterocycles. The van der Waals surface area contributed by atoms with Gasteiger partial charge in [0.15, 0.2) is 5.69 Å². The van der Waals surface area contributed by atoms with Crippen molar-refractivity contribution in [3.05, 3.63) is 11.8 Å². The lowest BCUT2D eigenvalue weighted by Gasteiger charge is -2.22. The van der Waals surface area contributed by atoms with Gasteiger partial charge in [0.2, 0.25) is 5.95 Å². The molecule has 1 fully saturated rings. The van der Waals surface area contributed by atoms with Crippen molar-refractivity contribution in [3.8, 4) is 0 Å². The number of nitrogens with zero attached hydrogens (tertiary/aromatic N) is 2. The van der Waals surface area contributed by atoms with Crippen LogP contribution >= 0.6 is 0 Å². The summed E-state index contributed by atoms with van der Waals surface area (Å²) in [6.45, 7) is 0.623. The van der Waals surface area contributed by atoms with Crippen LogP contribution in [0.15, 0.2) is 6.07 Å². The number of hydrogen-bond acceptors (Lipinski definition) is 5. The Balaban J connectivity index is 2.06. The first-order valence-corrected chi connectivity index (χ1v) is 6.66. The molecule has 0 bridgehead atoms. The van der Waals surface area contributed by atoms with E-state index in [1.54, 1.807) is 0 Å². The number of rotatable bonds is 4. The van der Waals surface area contributed by atoms with Gasteiger partial charge in [-0.15, -0.1) is 0 Å². The van der Waals surface area contributed by atoms with E-state index in [2.05, 4.69) is 20.7 Å². The summed E-state index contributed by atoms with van der Waals surface area (Å²) in [5.41, 5.74) is 1.05. The molecule has 5 nitrogen and oxygen atoms in total. The fourth-order valence-electron chi connectivity index (χ4n) is 2.39. The van der Waals surface area contributed by atoms with E-state index in [0.29, 0.717) is 12.5 Å². The third-order valence-electron chi connectivity index (χ3n) is 3.44. The van der Waals surface area contributed by atoms with Crippen LogP contribution in [0.25, 0.3) is 0 Å². The zero-order chi connectivity index (χ0) is 14.6. The molecule has 2 rings (SSSR count). The Morgan fingerprint density at radius 1 is 1.20 bits per heavy atom. The van der Waals surface area contributed by atoms with E-state index < -0.39 is 11.9 Å². The maximum atomic E-state index is 12.7. The van der Waals surface area contributed by atoms with Gasteiger partial charge in [-0.3, -0.25) is 5.43 Å². The second kappa shape index (κ2) is 6.25. The lowest BCUT2D eigenvalue weighted by Crippen LogP contribution is -2.20. The first kappa shape index (κ1) is 14.8. The number of nitrogens with one attached hydrogen (secondary N) is 2. The molecule has 1 aliphatic rings.